The number of rotatable bonds is 3. The second-order valence-electron chi connectivity index (χ2n) is 4.17. The number of likely N-dealkylation sites (N-methyl/N-ethyl adjacent to an activating group) is 1. The minimum absolute atomic E-state index is 0.122. The predicted molar refractivity (Wildman–Crippen MR) is 65.2 cm³/mol. The first-order chi connectivity index (χ1) is 8.16. The molecule has 92 valence electrons. The van der Waals surface area contributed by atoms with Gasteiger partial charge in [0.2, 0.25) is 0 Å². The predicted octanol–water partition coefficient (Wildman–Crippen LogP) is 1.99. The monoisotopic (exact) mass is 254 g/mol. The maximum Gasteiger partial charge on any atom is 0.272 e. The normalized spacial score (nSPS) is 19.3. The maximum atomic E-state index is 12.0. The number of aromatic nitrogens is 1. The number of carbonyl (C=O) groups excluding carboxylic acids is 1. The molecule has 0 spiro atoms. The summed E-state index contributed by atoms with van der Waals surface area (Å²) in [7, 11) is 1.76. The number of amides is 1. The van der Waals surface area contributed by atoms with Crippen LogP contribution in [0.2, 0.25) is 5.15 Å². The molecule has 0 N–H and O–H groups in total. The third kappa shape index (κ3) is 3.17. The minimum Gasteiger partial charge on any atom is -0.376 e. The molecular weight excluding hydrogens is 240 g/mol. The summed E-state index contributed by atoms with van der Waals surface area (Å²) in [6, 6.07) is 5.04. The van der Waals surface area contributed by atoms with Crippen LogP contribution in [0.25, 0.3) is 0 Å². The van der Waals surface area contributed by atoms with Crippen LogP contribution in [0.4, 0.5) is 0 Å². The molecule has 2 rings (SSSR count). The van der Waals surface area contributed by atoms with E-state index in [1.165, 1.54) is 0 Å². The average Bonchev–Trinajstić information content (AvgIpc) is 2.80. The molecule has 5 heteroatoms. The molecule has 1 amide bonds. The minimum atomic E-state index is -0.122. The summed E-state index contributed by atoms with van der Waals surface area (Å²) < 4.78 is 5.49. The van der Waals surface area contributed by atoms with E-state index in [2.05, 4.69) is 4.98 Å². The highest BCUT2D eigenvalue weighted by Crippen LogP contribution is 2.14. The average molecular weight is 255 g/mol. The van der Waals surface area contributed by atoms with Crippen LogP contribution in [0, 0.1) is 0 Å². The van der Waals surface area contributed by atoms with E-state index in [-0.39, 0.29) is 12.0 Å². The van der Waals surface area contributed by atoms with Crippen LogP contribution < -0.4 is 0 Å². The molecule has 1 fully saturated rings. The van der Waals surface area contributed by atoms with Crippen molar-refractivity contribution in [2.45, 2.75) is 18.9 Å². The number of nitrogens with zero attached hydrogens (tertiary/aromatic N) is 2. The molecule has 2 heterocycles. The lowest BCUT2D eigenvalue weighted by Crippen LogP contribution is -2.34. The van der Waals surface area contributed by atoms with E-state index in [1.54, 1.807) is 30.1 Å². The first-order valence-corrected chi connectivity index (χ1v) is 6.04. The molecule has 1 aromatic heterocycles. The van der Waals surface area contributed by atoms with Crippen molar-refractivity contribution in [2.75, 3.05) is 20.2 Å². The topological polar surface area (TPSA) is 42.4 Å². The molecule has 1 aliphatic rings. The van der Waals surface area contributed by atoms with Crippen LogP contribution in [-0.2, 0) is 4.74 Å². The van der Waals surface area contributed by atoms with E-state index >= 15 is 0 Å². The molecule has 0 saturated carbocycles. The second kappa shape index (κ2) is 5.47. The fraction of sp³-hybridized carbons (Fsp3) is 0.500. The van der Waals surface area contributed by atoms with Gasteiger partial charge in [0.15, 0.2) is 0 Å². The summed E-state index contributed by atoms with van der Waals surface area (Å²) in [5.74, 6) is -0.122. The van der Waals surface area contributed by atoms with Crippen molar-refractivity contribution in [3.63, 3.8) is 0 Å². The first-order valence-electron chi connectivity index (χ1n) is 5.66. The fourth-order valence-electron chi connectivity index (χ4n) is 1.90. The Hall–Kier alpha value is -1.13. The van der Waals surface area contributed by atoms with Gasteiger partial charge in [-0.2, -0.15) is 0 Å². The van der Waals surface area contributed by atoms with Crippen molar-refractivity contribution in [2.24, 2.45) is 0 Å². The Labute approximate surface area is 106 Å². The van der Waals surface area contributed by atoms with Gasteiger partial charge >= 0.3 is 0 Å². The number of carbonyl (C=O) groups is 1. The van der Waals surface area contributed by atoms with Crippen LogP contribution >= 0.6 is 11.6 Å². The third-order valence-electron chi connectivity index (χ3n) is 2.78. The van der Waals surface area contributed by atoms with Crippen molar-refractivity contribution >= 4 is 17.5 Å². The number of hydrogen-bond donors (Lipinski definition) is 0. The van der Waals surface area contributed by atoms with Gasteiger partial charge in [-0.3, -0.25) is 4.79 Å². The van der Waals surface area contributed by atoms with Gasteiger partial charge < -0.3 is 9.64 Å². The number of hydrogen-bond acceptors (Lipinski definition) is 3. The second-order valence-corrected chi connectivity index (χ2v) is 4.55. The summed E-state index contributed by atoms with van der Waals surface area (Å²) in [5.41, 5.74) is 0.373. The van der Waals surface area contributed by atoms with Crippen LogP contribution in [0.5, 0.6) is 0 Å². The highest BCUT2D eigenvalue weighted by molar-refractivity contribution is 6.29. The van der Waals surface area contributed by atoms with E-state index in [1.807, 2.05) is 0 Å². The highest BCUT2D eigenvalue weighted by Gasteiger charge is 2.21. The van der Waals surface area contributed by atoms with Crippen molar-refractivity contribution in [3.05, 3.63) is 29.0 Å². The molecule has 0 aromatic carbocycles. The van der Waals surface area contributed by atoms with Crippen LogP contribution in [0.1, 0.15) is 23.3 Å². The molecule has 4 nitrogen and oxygen atoms in total. The van der Waals surface area contributed by atoms with Gasteiger partial charge in [0.05, 0.1) is 6.10 Å². The Balaban J connectivity index is 1.98. The lowest BCUT2D eigenvalue weighted by molar-refractivity contribution is 0.0583. The van der Waals surface area contributed by atoms with Gasteiger partial charge in [0.1, 0.15) is 10.8 Å². The lowest BCUT2D eigenvalue weighted by Gasteiger charge is -2.20. The molecule has 1 saturated heterocycles. The summed E-state index contributed by atoms with van der Waals surface area (Å²) in [6.45, 7) is 1.40. The number of ether oxygens (including phenoxy) is 1. The van der Waals surface area contributed by atoms with Gasteiger partial charge in [-0.05, 0) is 25.0 Å². The summed E-state index contributed by atoms with van der Waals surface area (Å²) >= 11 is 5.76. The quantitative estimate of drug-likeness (QED) is 0.775. The zero-order valence-electron chi connectivity index (χ0n) is 9.73. The van der Waals surface area contributed by atoms with E-state index < -0.39 is 0 Å². The van der Waals surface area contributed by atoms with Crippen LogP contribution in [0.3, 0.4) is 0 Å². The number of pyridine rings is 1. The summed E-state index contributed by atoms with van der Waals surface area (Å²) in [6.07, 6.45) is 2.24. The zero-order chi connectivity index (χ0) is 12.3. The molecule has 1 aliphatic heterocycles. The SMILES string of the molecule is CN(CC1CCCO1)C(=O)c1cccc(Cl)n1. The van der Waals surface area contributed by atoms with Crippen molar-refractivity contribution in [1.82, 2.24) is 9.88 Å². The molecule has 1 unspecified atom stereocenters. The summed E-state index contributed by atoms with van der Waals surface area (Å²) in [4.78, 5) is 17.7. The van der Waals surface area contributed by atoms with Gasteiger partial charge in [0, 0.05) is 20.2 Å². The molecular formula is C12H15ClN2O2. The third-order valence-corrected chi connectivity index (χ3v) is 2.99. The Bertz CT molecular complexity index is 405. The van der Waals surface area contributed by atoms with E-state index in [4.69, 9.17) is 16.3 Å². The summed E-state index contributed by atoms with van der Waals surface area (Å²) in [5, 5.41) is 0.335. The van der Waals surface area contributed by atoms with Crippen molar-refractivity contribution in [3.8, 4) is 0 Å². The zero-order valence-corrected chi connectivity index (χ0v) is 10.5. The Morgan fingerprint density at radius 2 is 2.47 bits per heavy atom. The van der Waals surface area contributed by atoms with E-state index in [9.17, 15) is 4.79 Å². The number of halogens is 1. The standard InChI is InChI=1S/C12H15ClN2O2/c1-15(8-9-4-3-7-17-9)12(16)10-5-2-6-11(13)14-10/h2,5-6,9H,3-4,7-8H2,1H3. The first kappa shape index (κ1) is 12.3. The van der Waals surface area contributed by atoms with E-state index in [0.717, 1.165) is 19.4 Å². The molecule has 0 aliphatic carbocycles. The lowest BCUT2D eigenvalue weighted by atomic mass is 10.2. The Morgan fingerprint density at radius 1 is 1.65 bits per heavy atom. The van der Waals surface area contributed by atoms with Gasteiger partial charge in [-0.15, -0.1) is 0 Å². The molecule has 1 aromatic rings. The molecule has 0 radical (unpaired) electrons. The highest BCUT2D eigenvalue weighted by atomic mass is 35.5. The fourth-order valence-corrected chi connectivity index (χ4v) is 2.06. The Morgan fingerprint density at radius 3 is 3.12 bits per heavy atom. The van der Waals surface area contributed by atoms with Crippen LogP contribution in [0.15, 0.2) is 18.2 Å². The molecule has 1 atom stereocenters. The largest absolute Gasteiger partial charge is 0.376 e. The van der Waals surface area contributed by atoms with E-state index in [0.29, 0.717) is 17.4 Å². The van der Waals surface area contributed by atoms with Crippen molar-refractivity contribution in [1.29, 1.82) is 0 Å². The van der Waals surface area contributed by atoms with Gasteiger partial charge in [-0.1, -0.05) is 17.7 Å². The Kier molecular flexibility index (Phi) is 3.97. The smallest absolute Gasteiger partial charge is 0.272 e. The maximum absolute atomic E-state index is 12.0. The molecule has 0 bridgehead atoms. The van der Waals surface area contributed by atoms with Crippen molar-refractivity contribution < 1.29 is 9.53 Å². The van der Waals surface area contributed by atoms with Gasteiger partial charge in [-0.25, -0.2) is 4.98 Å². The van der Waals surface area contributed by atoms with Gasteiger partial charge in [0.25, 0.3) is 5.91 Å². The molecule has 17 heavy (non-hydrogen) atoms. The van der Waals surface area contributed by atoms with Crippen LogP contribution in [-0.4, -0.2) is 42.1 Å².